The second kappa shape index (κ2) is 6.55. The van der Waals surface area contributed by atoms with Crippen molar-refractivity contribution in [3.05, 3.63) is 35.4 Å². The SMILES string of the molecule is CCNCCNC(=O)C1CCc2ccccc2C1. The maximum Gasteiger partial charge on any atom is 0.223 e. The summed E-state index contributed by atoms with van der Waals surface area (Å²) in [4.78, 5) is 12.0. The largest absolute Gasteiger partial charge is 0.355 e. The molecule has 1 aliphatic carbocycles. The van der Waals surface area contributed by atoms with Crippen molar-refractivity contribution >= 4 is 5.91 Å². The Morgan fingerprint density at radius 2 is 2.06 bits per heavy atom. The summed E-state index contributed by atoms with van der Waals surface area (Å²) in [6.45, 7) is 4.60. The van der Waals surface area contributed by atoms with Crippen LogP contribution in [0.2, 0.25) is 0 Å². The molecule has 98 valence electrons. The van der Waals surface area contributed by atoms with Gasteiger partial charge in [0.2, 0.25) is 5.91 Å². The normalized spacial score (nSPS) is 18.2. The molecule has 0 saturated carbocycles. The van der Waals surface area contributed by atoms with Crippen molar-refractivity contribution in [1.29, 1.82) is 0 Å². The number of rotatable bonds is 5. The fraction of sp³-hybridized carbons (Fsp3) is 0.533. The van der Waals surface area contributed by atoms with Crippen LogP contribution in [0, 0.1) is 5.92 Å². The van der Waals surface area contributed by atoms with Crippen molar-refractivity contribution in [2.75, 3.05) is 19.6 Å². The van der Waals surface area contributed by atoms with Gasteiger partial charge in [0, 0.05) is 19.0 Å². The standard InChI is InChI=1S/C15H22N2O/c1-2-16-9-10-17-15(18)14-8-7-12-5-3-4-6-13(12)11-14/h3-6,14,16H,2,7-11H2,1H3,(H,17,18). The fourth-order valence-corrected chi connectivity index (χ4v) is 2.52. The number of hydrogen-bond donors (Lipinski definition) is 2. The molecular weight excluding hydrogens is 224 g/mol. The molecule has 0 radical (unpaired) electrons. The molecule has 3 heteroatoms. The van der Waals surface area contributed by atoms with E-state index in [0.29, 0.717) is 0 Å². The lowest BCUT2D eigenvalue weighted by Crippen LogP contribution is -2.37. The van der Waals surface area contributed by atoms with E-state index in [1.54, 1.807) is 0 Å². The van der Waals surface area contributed by atoms with Crippen LogP contribution >= 0.6 is 0 Å². The van der Waals surface area contributed by atoms with E-state index in [9.17, 15) is 4.79 Å². The minimum Gasteiger partial charge on any atom is -0.355 e. The minimum absolute atomic E-state index is 0.154. The van der Waals surface area contributed by atoms with Crippen LogP contribution in [0.1, 0.15) is 24.5 Å². The minimum atomic E-state index is 0.154. The van der Waals surface area contributed by atoms with E-state index in [4.69, 9.17) is 0 Å². The topological polar surface area (TPSA) is 41.1 Å². The molecule has 0 spiro atoms. The number of nitrogens with one attached hydrogen (secondary N) is 2. The number of likely N-dealkylation sites (N-methyl/N-ethyl adjacent to an activating group) is 1. The van der Waals surface area contributed by atoms with Gasteiger partial charge in [-0.15, -0.1) is 0 Å². The second-order valence-electron chi connectivity index (χ2n) is 4.85. The first-order valence-electron chi connectivity index (χ1n) is 6.86. The average molecular weight is 246 g/mol. The molecule has 2 N–H and O–H groups in total. The lowest BCUT2D eigenvalue weighted by molar-refractivity contribution is -0.125. The van der Waals surface area contributed by atoms with Crippen LogP contribution in [0.4, 0.5) is 0 Å². The highest BCUT2D eigenvalue weighted by atomic mass is 16.1. The van der Waals surface area contributed by atoms with Crippen molar-refractivity contribution in [3.8, 4) is 0 Å². The van der Waals surface area contributed by atoms with E-state index in [1.165, 1.54) is 11.1 Å². The highest BCUT2D eigenvalue weighted by molar-refractivity contribution is 5.79. The molecule has 1 aliphatic rings. The van der Waals surface area contributed by atoms with E-state index < -0.39 is 0 Å². The number of fused-ring (bicyclic) bond motifs is 1. The molecular formula is C15H22N2O. The lowest BCUT2D eigenvalue weighted by Gasteiger charge is -2.23. The molecule has 1 unspecified atom stereocenters. The maximum absolute atomic E-state index is 12.0. The zero-order chi connectivity index (χ0) is 12.8. The smallest absolute Gasteiger partial charge is 0.223 e. The van der Waals surface area contributed by atoms with Gasteiger partial charge in [0.15, 0.2) is 0 Å². The fourth-order valence-electron chi connectivity index (χ4n) is 2.52. The molecule has 0 aromatic heterocycles. The third-order valence-corrected chi connectivity index (χ3v) is 3.57. The van der Waals surface area contributed by atoms with E-state index >= 15 is 0 Å². The third-order valence-electron chi connectivity index (χ3n) is 3.57. The van der Waals surface area contributed by atoms with Crippen LogP contribution in [0.15, 0.2) is 24.3 Å². The van der Waals surface area contributed by atoms with Gasteiger partial charge < -0.3 is 10.6 Å². The van der Waals surface area contributed by atoms with Crippen LogP contribution in [0.5, 0.6) is 0 Å². The number of benzene rings is 1. The summed E-state index contributed by atoms with van der Waals surface area (Å²) in [6, 6.07) is 8.46. The number of carbonyl (C=O) groups is 1. The summed E-state index contributed by atoms with van der Waals surface area (Å²) in [5, 5.41) is 6.22. The molecule has 1 amide bonds. The molecule has 3 nitrogen and oxygen atoms in total. The molecule has 0 saturated heterocycles. The number of carbonyl (C=O) groups excluding carboxylic acids is 1. The Labute approximate surface area is 109 Å². The molecule has 2 rings (SSSR count). The van der Waals surface area contributed by atoms with E-state index in [1.807, 2.05) is 0 Å². The van der Waals surface area contributed by atoms with Crippen LogP contribution < -0.4 is 10.6 Å². The predicted octanol–water partition coefficient (Wildman–Crippen LogP) is 1.52. The average Bonchev–Trinajstić information content (AvgIpc) is 2.43. The predicted molar refractivity (Wildman–Crippen MR) is 73.5 cm³/mol. The lowest BCUT2D eigenvalue weighted by atomic mass is 9.83. The summed E-state index contributed by atoms with van der Waals surface area (Å²) in [5.74, 6) is 0.365. The first kappa shape index (κ1) is 13.1. The highest BCUT2D eigenvalue weighted by Gasteiger charge is 2.23. The summed E-state index contributed by atoms with van der Waals surface area (Å²) in [5.41, 5.74) is 2.75. The molecule has 1 aromatic carbocycles. The van der Waals surface area contributed by atoms with Gasteiger partial charge in [-0.05, 0) is 36.9 Å². The van der Waals surface area contributed by atoms with Gasteiger partial charge >= 0.3 is 0 Å². The molecule has 1 aromatic rings. The van der Waals surface area contributed by atoms with E-state index in [0.717, 1.165) is 38.9 Å². The number of amides is 1. The van der Waals surface area contributed by atoms with Gasteiger partial charge in [0.05, 0.1) is 0 Å². The van der Waals surface area contributed by atoms with E-state index in [-0.39, 0.29) is 11.8 Å². The highest BCUT2D eigenvalue weighted by Crippen LogP contribution is 2.25. The van der Waals surface area contributed by atoms with Gasteiger partial charge in [0.25, 0.3) is 0 Å². The summed E-state index contributed by atoms with van der Waals surface area (Å²) in [6.07, 6.45) is 2.90. The first-order chi connectivity index (χ1) is 8.81. The summed E-state index contributed by atoms with van der Waals surface area (Å²) < 4.78 is 0. The third kappa shape index (κ3) is 3.33. The quantitative estimate of drug-likeness (QED) is 0.773. The Morgan fingerprint density at radius 3 is 2.83 bits per heavy atom. The van der Waals surface area contributed by atoms with Crippen LogP contribution in [0.25, 0.3) is 0 Å². The van der Waals surface area contributed by atoms with Crippen LogP contribution in [0.3, 0.4) is 0 Å². The Kier molecular flexibility index (Phi) is 4.76. The Bertz CT molecular complexity index is 403. The number of aryl methyl sites for hydroxylation is 1. The maximum atomic E-state index is 12.0. The summed E-state index contributed by atoms with van der Waals surface area (Å²) >= 11 is 0. The number of hydrogen-bond acceptors (Lipinski definition) is 2. The molecule has 18 heavy (non-hydrogen) atoms. The van der Waals surface area contributed by atoms with Crippen molar-refractivity contribution in [2.24, 2.45) is 5.92 Å². The molecule has 0 aliphatic heterocycles. The van der Waals surface area contributed by atoms with Crippen LogP contribution in [-0.4, -0.2) is 25.5 Å². The Balaban J connectivity index is 1.83. The second-order valence-corrected chi connectivity index (χ2v) is 4.85. The Hall–Kier alpha value is -1.35. The van der Waals surface area contributed by atoms with Gasteiger partial charge in [-0.1, -0.05) is 31.2 Å². The zero-order valence-corrected chi connectivity index (χ0v) is 11.0. The monoisotopic (exact) mass is 246 g/mol. The summed E-state index contributed by atoms with van der Waals surface area (Å²) in [7, 11) is 0. The van der Waals surface area contributed by atoms with Gasteiger partial charge in [0.1, 0.15) is 0 Å². The molecule has 0 heterocycles. The van der Waals surface area contributed by atoms with Crippen LogP contribution in [-0.2, 0) is 17.6 Å². The van der Waals surface area contributed by atoms with Gasteiger partial charge in [-0.2, -0.15) is 0 Å². The first-order valence-corrected chi connectivity index (χ1v) is 6.86. The van der Waals surface area contributed by atoms with Gasteiger partial charge in [-0.25, -0.2) is 0 Å². The molecule has 0 fully saturated rings. The van der Waals surface area contributed by atoms with Crippen molar-refractivity contribution in [3.63, 3.8) is 0 Å². The van der Waals surface area contributed by atoms with Crippen molar-refractivity contribution in [2.45, 2.75) is 26.2 Å². The van der Waals surface area contributed by atoms with Gasteiger partial charge in [-0.3, -0.25) is 4.79 Å². The van der Waals surface area contributed by atoms with Crippen molar-refractivity contribution < 1.29 is 4.79 Å². The van der Waals surface area contributed by atoms with E-state index in [2.05, 4.69) is 41.8 Å². The Morgan fingerprint density at radius 1 is 1.28 bits per heavy atom. The van der Waals surface area contributed by atoms with Crippen molar-refractivity contribution in [1.82, 2.24) is 10.6 Å². The molecule has 0 bridgehead atoms. The molecule has 1 atom stereocenters. The zero-order valence-electron chi connectivity index (χ0n) is 11.0.